The highest BCUT2D eigenvalue weighted by molar-refractivity contribution is 7.99. The van der Waals surface area contributed by atoms with Crippen LogP contribution in [0.5, 0.6) is 0 Å². The minimum atomic E-state index is -0.0765. The van der Waals surface area contributed by atoms with Gasteiger partial charge in [0, 0.05) is 35.9 Å². The molecule has 0 fully saturated rings. The minimum Gasteiger partial charge on any atom is -0.352 e. The fourth-order valence-electron chi connectivity index (χ4n) is 3.05. The molecule has 1 aromatic heterocycles. The first kappa shape index (κ1) is 22.6. The van der Waals surface area contributed by atoms with Crippen molar-refractivity contribution in [3.8, 4) is 5.69 Å². The Morgan fingerprint density at radius 1 is 1.10 bits per heavy atom. The summed E-state index contributed by atoms with van der Waals surface area (Å²) in [7, 11) is 0. The average molecular weight is 437 g/mol. The Balaban J connectivity index is 1.61. The summed E-state index contributed by atoms with van der Waals surface area (Å²) >= 11 is 1.37. The second-order valence-electron chi connectivity index (χ2n) is 7.32. The van der Waals surface area contributed by atoms with E-state index >= 15 is 0 Å². The molecule has 0 radical (unpaired) electrons. The van der Waals surface area contributed by atoms with Crippen LogP contribution < -0.4 is 10.6 Å². The van der Waals surface area contributed by atoms with Crippen molar-refractivity contribution in [1.82, 2.24) is 14.9 Å². The monoisotopic (exact) mass is 436 g/mol. The summed E-state index contributed by atoms with van der Waals surface area (Å²) in [4.78, 5) is 29.0. The van der Waals surface area contributed by atoms with Crippen LogP contribution in [0.4, 0.5) is 5.69 Å². The fourth-order valence-corrected chi connectivity index (χ4v) is 3.82. The lowest BCUT2D eigenvalue weighted by molar-refractivity contribution is -0.113. The highest BCUT2D eigenvalue weighted by atomic mass is 32.2. The molecule has 2 N–H and O–H groups in total. The van der Waals surface area contributed by atoms with Crippen LogP contribution in [0.15, 0.2) is 60.0 Å². The second-order valence-corrected chi connectivity index (χ2v) is 8.26. The molecule has 7 heteroatoms. The Kier molecular flexibility index (Phi) is 7.89. The number of hydrogen-bond donors (Lipinski definition) is 2. The molecule has 0 aliphatic rings. The van der Waals surface area contributed by atoms with Crippen LogP contribution in [0.1, 0.15) is 41.3 Å². The van der Waals surface area contributed by atoms with Crippen molar-refractivity contribution in [2.45, 2.75) is 38.8 Å². The van der Waals surface area contributed by atoms with E-state index in [1.807, 2.05) is 54.9 Å². The first-order chi connectivity index (χ1) is 15.0. The highest BCUT2D eigenvalue weighted by Crippen LogP contribution is 2.22. The molecular weight excluding hydrogens is 408 g/mol. The first-order valence-corrected chi connectivity index (χ1v) is 11.4. The number of rotatable bonds is 9. The lowest BCUT2D eigenvalue weighted by Crippen LogP contribution is -2.24. The molecule has 0 aliphatic carbocycles. The molecule has 0 atom stereocenters. The van der Waals surface area contributed by atoms with Crippen molar-refractivity contribution in [1.29, 1.82) is 0 Å². The number of benzene rings is 2. The molecule has 3 rings (SSSR count). The zero-order valence-corrected chi connectivity index (χ0v) is 19.0. The van der Waals surface area contributed by atoms with Gasteiger partial charge in [0.25, 0.3) is 5.91 Å². The number of nitrogens with one attached hydrogen (secondary N) is 2. The number of aryl methyl sites for hydroxylation is 1. The van der Waals surface area contributed by atoms with Crippen LogP contribution in [0.3, 0.4) is 0 Å². The second kappa shape index (κ2) is 10.8. The summed E-state index contributed by atoms with van der Waals surface area (Å²) in [6.45, 7) is 6.80. The van der Waals surface area contributed by atoms with Crippen molar-refractivity contribution in [3.05, 3.63) is 71.5 Å². The van der Waals surface area contributed by atoms with Gasteiger partial charge in [-0.05, 0) is 61.7 Å². The summed E-state index contributed by atoms with van der Waals surface area (Å²) in [5.74, 6) is 0.109. The number of amides is 2. The average Bonchev–Trinajstić information content (AvgIpc) is 3.24. The molecule has 0 saturated heterocycles. The van der Waals surface area contributed by atoms with Crippen LogP contribution in [-0.2, 0) is 4.79 Å². The molecule has 2 aromatic carbocycles. The van der Waals surface area contributed by atoms with Crippen molar-refractivity contribution in [3.63, 3.8) is 0 Å². The van der Waals surface area contributed by atoms with E-state index in [2.05, 4.69) is 22.5 Å². The molecule has 0 bridgehead atoms. The van der Waals surface area contributed by atoms with Crippen molar-refractivity contribution in [2.24, 2.45) is 0 Å². The van der Waals surface area contributed by atoms with E-state index in [4.69, 9.17) is 0 Å². The molecule has 2 amide bonds. The molecule has 31 heavy (non-hydrogen) atoms. The van der Waals surface area contributed by atoms with Gasteiger partial charge in [0.1, 0.15) is 0 Å². The summed E-state index contributed by atoms with van der Waals surface area (Å²) in [6.07, 6.45) is 5.57. The van der Waals surface area contributed by atoms with Gasteiger partial charge in [-0.2, -0.15) is 0 Å². The Labute approximate surface area is 187 Å². The van der Waals surface area contributed by atoms with Crippen LogP contribution >= 0.6 is 11.8 Å². The van der Waals surface area contributed by atoms with E-state index < -0.39 is 0 Å². The number of carbonyl (C=O) groups excluding carboxylic acids is 2. The smallest absolute Gasteiger partial charge is 0.251 e. The Hall–Kier alpha value is -3.06. The maximum absolute atomic E-state index is 12.4. The van der Waals surface area contributed by atoms with Crippen LogP contribution in [-0.4, -0.2) is 33.7 Å². The summed E-state index contributed by atoms with van der Waals surface area (Å²) in [5, 5.41) is 6.61. The number of anilines is 1. The molecule has 0 saturated carbocycles. The summed E-state index contributed by atoms with van der Waals surface area (Å²) in [6, 6.07) is 13.2. The van der Waals surface area contributed by atoms with Gasteiger partial charge in [0.15, 0.2) is 5.16 Å². The maximum Gasteiger partial charge on any atom is 0.251 e. The van der Waals surface area contributed by atoms with Crippen molar-refractivity contribution >= 4 is 29.3 Å². The number of thioether (sulfide) groups is 1. The Morgan fingerprint density at radius 2 is 1.87 bits per heavy atom. The number of nitrogens with zero attached hydrogens (tertiary/aromatic N) is 2. The third kappa shape index (κ3) is 5.98. The molecule has 6 nitrogen and oxygen atoms in total. The fraction of sp³-hybridized carbons (Fsp3) is 0.292. The maximum atomic E-state index is 12.4. The topological polar surface area (TPSA) is 76.0 Å². The lowest BCUT2D eigenvalue weighted by atomic mass is 10.1. The quantitative estimate of drug-likeness (QED) is 0.375. The number of unbranched alkanes of at least 4 members (excludes halogenated alkanes) is 1. The molecule has 1 heterocycles. The normalized spacial score (nSPS) is 10.7. The van der Waals surface area contributed by atoms with Gasteiger partial charge < -0.3 is 10.6 Å². The van der Waals surface area contributed by atoms with E-state index in [-0.39, 0.29) is 17.6 Å². The number of carbonyl (C=O) groups is 2. The van der Waals surface area contributed by atoms with E-state index in [1.54, 1.807) is 18.3 Å². The number of hydrogen-bond acceptors (Lipinski definition) is 4. The first-order valence-electron chi connectivity index (χ1n) is 10.4. The summed E-state index contributed by atoms with van der Waals surface area (Å²) < 4.78 is 1.91. The van der Waals surface area contributed by atoms with Crippen LogP contribution in [0.25, 0.3) is 5.69 Å². The molecule has 162 valence electrons. The Morgan fingerprint density at radius 3 is 2.61 bits per heavy atom. The minimum absolute atomic E-state index is 0.0663. The predicted molar refractivity (Wildman–Crippen MR) is 126 cm³/mol. The molecular formula is C24H28N4O2S. The molecule has 0 unspecified atom stereocenters. The zero-order valence-electron chi connectivity index (χ0n) is 18.1. The van der Waals surface area contributed by atoms with Gasteiger partial charge in [-0.25, -0.2) is 4.98 Å². The number of imidazole rings is 1. The van der Waals surface area contributed by atoms with Crippen LogP contribution in [0.2, 0.25) is 0 Å². The van der Waals surface area contributed by atoms with Gasteiger partial charge >= 0.3 is 0 Å². The van der Waals surface area contributed by atoms with Gasteiger partial charge in [-0.1, -0.05) is 37.2 Å². The Bertz CT molecular complexity index is 1040. The molecule has 3 aromatic rings. The van der Waals surface area contributed by atoms with E-state index in [9.17, 15) is 9.59 Å². The van der Waals surface area contributed by atoms with E-state index in [0.717, 1.165) is 40.5 Å². The van der Waals surface area contributed by atoms with Gasteiger partial charge in [-0.15, -0.1) is 0 Å². The zero-order chi connectivity index (χ0) is 22.2. The van der Waals surface area contributed by atoms with Gasteiger partial charge in [0.05, 0.1) is 5.75 Å². The van der Waals surface area contributed by atoms with E-state index in [0.29, 0.717) is 12.1 Å². The largest absolute Gasteiger partial charge is 0.352 e. The highest BCUT2D eigenvalue weighted by Gasteiger charge is 2.12. The van der Waals surface area contributed by atoms with E-state index in [1.165, 1.54) is 11.8 Å². The third-order valence-electron chi connectivity index (χ3n) is 5.04. The standard InChI is InChI=1S/C24H28N4O2S/c1-4-5-13-25-23(30)19-9-11-20(12-10-19)28-15-14-26-24(28)31-16-22(29)27-21-8-6-7-17(2)18(21)3/h6-12,14-15H,4-5,13,16H2,1-3H3,(H,25,30)(H,27,29). The van der Waals surface area contributed by atoms with Gasteiger partial charge in [0.2, 0.25) is 5.91 Å². The van der Waals surface area contributed by atoms with Crippen LogP contribution in [0, 0.1) is 13.8 Å². The number of aromatic nitrogens is 2. The summed E-state index contributed by atoms with van der Waals surface area (Å²) in [5.41, 5.74) is 4.56. The molecule has 0 aliphatic heterocycles. The van der Waals surface area contributed by atoms with Gasteiger partial charge in [-0.3, -0.25) is 14.2 Å². The SMILES string of the molecule is CCCCNC(=O)c1ccc(-n2ccnc2SCC(=O)Nc2cccc(C)c2C)cc1. The lowest BCUT2D eigenvalue weighted by Gasteiger charge is -2.11. The predicted octanol–water partition coefficient (Wildman–Crippen LogP) is 4.75. The molecule has 0 spiro atoms. The van der Waals surface area contributed by atoms with Crippen molar-refractivity contribution < 1.29 is 9.59 Å². The van der Waals surface area contributed by atoms with Crippen molar-refractivity contribution in [2.75, 3.05) is 17.6 Å². The third-order valence-corrected chi connectivity index (χ3v) is 6.01.